The fourth-order valence-electron chi connectivity index (χ4n) is 4.57. The molecule has 3 rings (SSSR count). The SMILES string of the molecule is CCC(NC(=O)[C@]1(C)CC[C@H](C(C)(C)C)CC1)c1nnc(C2CCCO2)[nH]c1=O. The van der Waals surface area contributed by atoms with E-state index < -0.39 is 11.5 Å². The summed E-state index contributed by atoms with van der Waals surface area (Å²) in [6.07, 6.45) is 6.06. The Hall–Kier alpha value is -1.76. The average Bonchev–Trinajstić information content (AvgIpc) is 3.20. The highest BCUT2D eigenvalue weighted by Gasteiger charge is 2.41. The third kappa shape index (κ3) is 4.87. The predicted octanol–water partition coefficient (Wildman–Crippen LogP) is 3.83. The molecule has 0 spiro atoms. The first kappa shape index (κ1) is 21.9. The maximum absolute atomic E-state index is 13.1. The summed E-state index contributed by atoms with van der Waals surface area (Å²) < 4.78 is 5.57. The molecule has 29 heavy (non-hydrogen) atoms. The van der Waals surface area contributed by atoms with Gasteiger partial charge in [-0.1, -0.05) is 34.6 Å². The standard InChI is InChI=1S/C22H36N4O3/c1-6-15(17-19(27)24-18(26-25-17)16-8-7-13-29-16)23-20(28)22(5)11-9-14(10-12-22)21(2,3)4/h14-16H,6-13H2,1-5H3,(H,23,28)(H,24,26,27)/t14-,15?,16?,22+. The molecule has 2 N–H and O–H groups in total. The molecule has 0 aromatic carbocycles. The highest BCUT2D eigenvalue weighted by Crippen LogP contribution is 2.45. The Kier molecular flexibility index (Phi) is 6.46. The van der Waals surface area contributed by atoms with Crippen molar-refractivity contribution in [3.8, 4) is 0 Å². The van der Waals surface area contributed by atoms with Crippen LogP contribution in [0.25, 0.3) is 0 Å². The van der Waals surface area contributed by atoms with Gasteiger partial charge in [0.2, 0.25) is 5.91 Å². The van der Waals surface area contributed by atoms with E-state index in [9.17, 15) is 9.59 Å². The minimum Gasteiger partial charge on any atom is -0.370 e. The Bertz CT molecular complexity index is 769. The van der Waals surface area contributed by atoms with Crippen LogP contribution in [0.1, 0.15) is 103 Å². The second-order valence-electron chi connectivity index (χ2n) is 10.1. The van der Waals surface area contributed by atoms with Gasteiger partial charge in [-0.2, -0.15) is 0 Å². The monoisotopic (exact) mass is 404 g/mol. The highest BCUT2D eigenvalue weighted by atomic mass is 16.5. The summed E-state index contributed by atoms with van der Waals surface area (Å²) in [6, 6.07) is -0.436. The number of amides is 1. The van der Waals surface area contributed by atoms with E-state index >= 15 is 0 Å². The lowest BCUT2D eigenvalue weighted by molar-refractivity contribution is -0.133. The molecule has 1 aliphatic heterocycles. The van der Waals surface area contributed by atoms with Crippen molar-refractivity contribution in [1.82, 2.24) is 20.5 Å². The zero-order chi connectivity index (χ0) is 21.2. The fourth-order valence-corrected chi connectivity index (χ4v) is 4.57. The van der Waals surface area contributed by atoms with Gasteiger partial charge in [-0.3, -0.25) is 9.59 Å². The number of H-pyrrole nitrogens is 1. The molecule has 1 amide bonds. The topological polar surface area (TPSA) is 97.0 Å². The number of nitrogens with zero attached hydrogens (tertiary/aromatic N) is 2. The van der Waals surface area contributed by atoms with Crippen LogP contribution < -0.4 is 10.9 Å². The second-order valence-corrected chi connectivity index (χ2v) is 10.1. The normalized spacial score (nSPS) is 28.9. The van der Waals surface area contributed by atoms with Crippen LogP contribution in [0.3, 0.4) is 0 Å². The first-order chi connectivity index (χ1) is 13.6. The van der Waals surface area contributed by atoms with Gasteiger partial charge in [-0.05, 0) is 56.3 Å². The Labute approximate surface area is 173 Å². The minimum absolute atomic E-state index is 0.0149. The number of hydrogen-bond acceptors (Lipinski definition) is 5. The Morgan fingerprint density at radius 2 is 1.97 bits per heavy atom. The van der Waals surface area contributed by atoms with Gasteiger partial charge in [0, 0.05) is 12.0 Å². The van der Waals surface area contributed by atoms with Gasteiger partial charge < -0.3 is 15.0 Å². The first-order valence-electron chi connectivity index (χ1n) is 11.0. The van der Waals surface area contributed by atoms with Crippen LogP contribution in [0, 0.1) is 16.7 Å². The molecule has 1 aliphatic carbocycles. The summed E-state index contributed by atoms with van der Waals surface area (Å²) in [5, 5.41) is 11.4. The molecule has 7 nitrogen and oxygen atoms in total. The number of nitrogens with one attached hydrogen (secondary N) is 2. The van der Waals surface area contributed by atoms with E-state index in [1.54, 1.807) is 0 Å². The Morgan fingerprint density at radius 3 is 2.48 bits per heavy atom. The van der Waals surface area contributed by atoms with E-state index in [4.69, 9.17) is 4.74 Å². The molecular weight excluding hydrogens is 368 g/mol. The third-order valence-electron chi connectivity index (χ3n) is 6.88. The fraction of sp³-hybridized carbons (Fsp3) is 0.818. The predicted molar refractivity (Wildman–Crippen MR) is 111 cm³/mol. The lowest BCUT2D eigenvalue weighted by Gasteiger charge is -2.41. The number of hydrogen-bond donors (Lipinski definition) is 2. The van der Waals surface area contributed by atoms with Gasteiger partial charge >= 0.3 is 0 Å². The number of carbonyl (C=O) groups excluding carboxylic acids is 1. The molecule has 1 saturated carbocycles. The summed E-state index contributed by atoms with van der Waals surface area (Å²) in [6.45, 7) is 11.5. The largest absolute Gasteiger partial charge is 0.370 e. The molecule has 2 unspecified atom stereocenters. The Morgan fingerprint density at radius 1 is 1.28 bits per heavy atom. The third-order valence-corrected chi connectivity index (χ3v) is 6.88. The van der Waals surface area contributed by atoms with Crippen LogP contribution in [-0.2, 0) is 9.53 Å². The van der Waals surface area contributed by atoms with E-state index in [1.165, 1.54) is 0 Å². The molecule has 1 aromatic rings. The van der Waals surface area contributed by atoms with Crippen LogP contribution in [0.15, 0.2) is 4.79 Å². The van der Waals surface area contributed by atoms with Crippen LogP contribution in [0.4, 0.5) is 0 Å². The maximum atomic E-state index is 13.1. The molecule has 1 aromatic heterocycles. The van der Waals surface area contributed by atoms with E-state index in [1.807, 2.05) is 13.8 Å². The van der Waals surface area contributed by atoms with Crippen molar-refractivity contribution in [2.75, 3.05) is 6.61 Å². The lowest BCUT2D eigenvalue weighted by atomic mass is 9.64. The zero-order valence-electron chi connectivity index (χ0n) is 18.5. The van der Waals surface area contributed by atoms with Crippen molar-refractivity contribution < 1.29 is 9.53 Å². The smallest absolute Gasteiger partial charge is 0.275 e. The van der Waals surface area contributed by atoms with E-state index in [0.29, 0.717) is 24.8 Å². The van der Waals surface area contributed by atoms with Crippen molar-refractivity contribution in [1.29, 1.82) is 0 Å². The number of rotatable bonds is 5. The molecule has 2 heterocycles. The summed E-state index contributed by atoms with van der Waals surface area (Å²) in [5.74, 6) is 1.13. The lowest BCUT2D eigenvalue weighted by Crippen LogP contribution is -2.45. The van der Waals surface area contributed by atoms with Crippen molar-refractivity contribution in [3.05, 3.63) is 21.9 Å². The molecule has 0 bridgehead atoms. The van der Waals surface area contributed by atoms with Crippen molar-refractivity contribution in [2.24, 2.45) is 16.7 Å². The molecular formula is C22H36N4O3. The average molecular weight is 405 g/mol. The second kappa shape index (κ2) is 8.54. The molecule has 7 heteroatoms. The molecule has 162 valence electrons. The van der Waals surface area contributed by atoms with Gasteiger partial charge in [0.25, 0.3) is 5.56 Å². The van der Waals surface area contributed by atoms with Crippen molar-refractivity contribution in [3.63, 3.8) is 0 Å². The van der Waals surface area contributed by atoms with Crippen LogP contribution in [0.2, 0.25) is 0 Å². The summed E-state index contributed by atoms with van der Waals surface area (Å²) in [5.41, 5.74) is -0.140. The molecule has 2 atom stereocenters. The summed E-state index contributed by atoms with van der Waals surface area (Å²) >= 11 is 0. The van der Waals surface area contributed by atoms with Gasteiger partial charge in [0.05, 0.1) is 6.04 Å². The van der Waals surface area contributed by atoms with E-state index in [2.05, 4.69) is 41.3 Å². The summed E-state index contributed by atoms with van der Waals surface area (Å²) in [7, 11) is 0. The summed E-state index contributed by atoms with van der Waals surface area (Å²) in [4.78, 5) is 28.5. The number of aromatic amines is 1. The highest BCUT2D eigenvalue weighted by molar-refractivity contribution is 5.82. The van der Waals surface area contributed by atoms with Gasteiger partial charge in [0.15, 0.2) is 11.5 Å². The van der Waals surface area contributed by atoms with E-state index in [0.717, 1.165) is 38.5 Å². The van der Waals surface area contributed by atoms with Crippen LogP contribution in [0.5, 0.6) is 0 Å². The first-order valence-corrected chi connectivity index (χ1v) is 11.0. The molecule has 2 aliphatic rings. The van der Waals surface area contributed by atoms with Gasteiger partial charge in [0.1, 0.15) is 6.10 Å². The minimum atomic E-state index is -0.436. The van der Waals surface area contributed by atoms with Gasteiger partial charge in [-0.15, -0.1) is 10.2 Å². The molecule has 1 saturated heterocycles. The number of ether oxygens (including phenoxy) is 1. The Balaban J connectivity index is 1.68. The van der Waals surface area contributed by atoms with Crippen molar-refractivity contribution >= 4 is 5.91 Å². The molecule has 2 fully saturated rings. The van der Waals surface area contributed by atoms with E-state index in [-0.39, 0.29) is 28.7 Å². The van der Waals surface area contributed by atoms with Gasteiger partial charge in [-0.25, -0.2) is 0 Å². The van der Waals surface area contributed by atoms with Crippen LogP contribution >= 0.6 is 0 Å². The number of carbonyl (C=O) groups is 1. The maximum Gasteiger partial charge on any atom is 0.275 e. The number of aromatic nitrogens is 3. The van der Waals surface area contributed by atoms with Crippen LogP contribution in [-0.4, -0.2) is 27.7 Å². The van der Waals surface area contributed by atoms with Crippen molar-refractivity contribution in [2.45, 2.75) is 91.7 Å². The molecule has 0 radical (unpaired) electrons. The quantitative estimate of drug-likeness (QED) is 0.777. The zero-order valence-corrected chi connectivity index (χ0v) is 18.5.